The quantitative estimate of drug-likeness (QED) is 0.427. The molecule has 1 atom stereocenters. The Morgan fingerprint density at radius 1 is 1.41 bits per heavy atom. The van der Waals surface area contributed by atoms with E-state index in [-0.39, 0.29) is 17.6 Å². The van der Waals surface area contributed by atoms with Gasteiger partial charge in [0.15, 0.2) is 0 Å². The van der Waals surface area contributed by atoms with Gasteiger partial charge in [0.25, 0.3) is 0 Å². The summed E-state index contributed by atoms with van der Waals surface area (Å²) in [4.78, 5) is 12.0. The number of alkyl halides is 4. The minimum atomic E-state index is -4.84. The SMILES string of the molecule is C[N+](C)(CF)CC1CCCN1C(=O)C(F)(F)F. The molecule has 0 aromatic carbocycles. The molecule has 1 aliphatic rings. The van der Waals surface area contributed by atoms with Crippen molar-refractivity contribution in [2.75, 3.05) is 34.0 Å². The Morgan fingerprint density at radius 3 is 2.47 bits per heavy atom. The van der Waals surface area contributed by atoms with E-state index in [1.807, 2.05) is 0 Å². The summed E-state index contributed by atoms with van der Waals surface area (Å²) in [6.07, 6.45) is -3.79. The second-order valence-corrected chi connectivity index (χ2v) is 5.03. The van der Waals surface area contributed by atoms with Crippen molar-refractivity contribution in [3.63, 3.8) is 0 Å². The summed E-state index contributed by atoms with van der Waals surface area (Å²) in [5, 5.41) is 0. The molecular formula is C10H17F4N2O+. The number of carbonyl (C=O) groups excluding carboxylic acids is 1. The van der Waals surface area contributed by atoms with Crippen molar-refractivity contribution in [1.29, 1.82) is 0 Å². The smallest absolute Gasteiger partial charge is 0.326 e. The molecule has 0 aromatic rings. The summed E-state index contributed by atoms with van der Waals surface area (Å²) in [6.45, 7) is -0.349. The zero-order valence-electron chi connectivity index (χ0n) is 9.93. The molecule has 0 aliphatic carbocycles. The van der Waals surface area contributed by atoms with Crippen molar-refractivity contribution in [3.05, 3.63) is 0 Å². The molecule has 7 heteroatoms. The van der Waals surface area contributed by atoms with Gasteiger partial charge in [-0.05, 0) is 12.8 Å². The van der Waals surface area contributed by atoms with Gasteiger partial charge < -0.3 is 9.38 Å². The van der Waals surface area contributed by atoms with Gasteiger partial charge in [0.05, 0.1) is 20.1 Å². The van der Waals surface area contributed by atoms with Crippen molar-refractivity contribution in [3.8, 4) is 0 Å². The van der Waals surface area contributed by atoms with Crippen LogP contribution in [0.4, 0.5) is 17.6 Å². The molecule has 1 fully saturated rings. The number of halogens is 4. The Bertz CT molecular complexity index is 291. The van der Waals surface area contributed by atoms with E-state index in [9.17, 15) is 22.4 Å². The van der Waals surface area contributed by atoms with Crippen molar-refractivity contribution in [2.45, 2.75) is 25.1 Å². The molecule has 1 heterocycles. The molecule has 100 valence electrons. The number of carbonyl (C=O) groups is 1. The minimum absolute atomic E-state index is 0.0354. The molecule has 1 unspecified atom stereocenters. The standard InChI is InChI=1S/C10H17F4N2O/c1-16(2,7-11)6-8-4-3-5-15(8)9(17)10(12,13)14/h8H,3-7H2,1-2H3/q+1. The number of hydrogen-bond donors (Lipinski definition) is 0. The van der Waals surface area contributed by atoms with E-state index < -0.39 is 24.9 Å². The van der Waals surface area contributed by atoms with Crippen molar-refractivity contribution in [1.82, 2.24) is 4.90 Å². The van der Waals surface area contributed by atoms with Crippen LogP contribution in [0.3, 0.4) is 0 Å². The van der Waals surface area contributed by atoms with Crippen LogP contribution in [0, 0.1) is 0 Å². The Balaban J connectivity index is 2.71. The van der Waals surface area contributed by atoms with Gasteiger partial charge in [-0.2, -0.15) is 17.6 Å². The lowest BCUT2D eigenvalue weighted by Crippen LogP contribution is -2.52. The van der Waals surface area contributed by atoms with Crippen molar-refractivity contribution in [2.24, 2.45) is 0 Å². The summed E-state index contributed by atoms with van der Waals surface area (Å²) >= 11 is 0. The molecule has 0 radical (unpaired) electrons. The van der Waals surface area contributed by atoms with Crippen LogP contribution in [-0.4, -0.2) is 61.5 Å². The highest BCUT2D eigenvalue weighted by Gasteiger charge is 2.47. The Morgan fingerprint density at radius 2 is 2.00 bits per heavy atom. The molecule has 1 aliphatic heterocycles. The van der Waals surface area contributed by atoms with Crippen LogP contribution in [0.1, 0.15) is 12.8 Å². The third kappa shape index (κ3) is 3.55. The number of likely N-dealkylation sites (N-methyl/N-ethyl adjacent to an activating group) is 1. The average Bonchev–Trinajstić information content (AvgIpc) is 2.62. The molecule has 0 N–H and O–H groups in total. The number of quaternary nitrogens is 1. The fraction of sp³-hybridized carbons (Fsp3) is 0.900. The molecule has 3 nitrogen and oxygen atoms in total. The summed E-state index contributed by atoms with van der Waals surface area (Å²) in [7, 11) is 3.18. The highest BCUT2D eigenvalue weighted by atomic mass is 19.4. The summed E-state index contributed by atoms with van der Waals surface area (Å²) in [5.41, 5.74) is 0. The monoisotopic (exact) mass is 257 g/mol. The van der Waals surface area contributed by atoms with E-state index in [0.717, 1.165) is 4.90 Å². The van der Waals surface area contributed by atoms with Gasteiger partial charge in [0, 0.05) is 6.54 Å². The number of rotatable bonds is 3. The van der Waals surface area contributed by atoms with Crippen LogP contribution in [0.5, 0.6) is 0 Å². The topological polar surface area (TPSA) is 20.3 Å². The van der Waals surface area contributed by atoms with Gasteiger partial charge >= 0.3 is 12.1 Å². The van der Waals surface area contributed by atoms with E-state index in [1.165, 1.54) is 0 Å². The molecule has 0 bridgehead atoms. The van der Waals surface area contributed by atoms with Crippen LogP contribution in [0.2, 0.25) is 0 Å². The number of likely N-dealkylation sites (tertiary alicyclic amines) is 1. The lowest BCUT2D eigenvalue weighted by molar-refractivity contribution is -0.904. The first-order valence-electron chi connectivity index (χ1n) is 5.43. The summed E-state index contributed by atoms with van der Waals surface area (Å²) in [5.74, 6) is -1.81. The summed E-state index contributed by atoms with van der Waals surface area (Å²) < 4.78 is 49.6. The normalized spacial score (nSPS) is 22.0. The van der Waals surface area contributed by atoms with Gasteiger partial charge in [-0.25, -0.2) is 0 Å². The van der Waals surface area contributed by atoms with Crippen LogP contribution in [0.25, 0.3) is 0 Å². The summed E-state index contributed by atoms with van der Waals surface area (Å²) in [6, 6.07) is -0.519. The number of amides is 1. The zero-order valence-corrected chi connectivity index (χ0v) is 9.93. The first-order chi connectivity index (χ1) is 7.67. The van der Waals surface area contributed by atoms with Gasteiger partial charge in [0.1, 0.15) is 6.54 Å². The third-order valence-electron chi connectivity index (χ3n) is 2.91. The molecule has 1 saturated heterocycles. The van der Waals surface area contributed by atoms with Gasteiger partial charge in [0.2, 0.25) is 6.80 Å². The van der Waals surface area contributed by atoms with Gasteiger partial charge in [-0.1, -0.05) is 0 Å². The molecular weight excluding hydrogens is 240 g/mol. The van der Waals surface area contributed by atoms with E-state index in [1.54, 1.807) is 14.1 Å². The fourth-order valence-electron chi connectivity index (χ4n) is 2.08. The van der Waals surface area contributed by atoms with E-state index in [2.05, 4.69) is 0 Å². The fourth-order valence-corrected chi connectivity index (χ4v) is 2.08. The molecule has 0 spiro atoms. The Kier molecular flexibility index (Phi) is 4.01. The Hall–Kier alpha value is -0.850. The predicted octanol–water partition coefficient (Wildman–Crippen LogP) is 1.54. The highest BCUT2D eigenvalue weighted by molar-refractivity contribution is 5.82. The van der Waals surface area contributed by atoms with E-state index >= 15 is 0 Å². The predicted molar refractivity (Wildman–Crippen MR) is 53.7 cm³/mol. The molecule has 1 rings (SSSR count). The lowest BCUT2D eigenvalue weighted by atomic mass is 10.2. The number of hydrogen-bond acceptors (Lipinski definition) is 1. The second-order valence-electron chi connectivity index (χ2n) is 5.03. The van der Waals surface area contributed by atoms with E-state index in [0.29, 0.717) is 12.8 Å². The number of nitrogens with zero attached hydrogens (tertiary/aromatic N) is 2. The lowest BCUT2D eigenvalue weighted by Gasteiger charge is -2.33. The van der Waals surface area contributed by atoms with Crippen LogP contribution < -0.4 is 0 Å². The maximum atomic E-state index is 12.6. The third-order valence-corrected chi connectivity index (χ3v) is 2.91. The van der Waals surface area contributed by atoms with Crippen molar-refractivity contribution < 1.29 is 26.8 Å². The largest absolute Gasteiger partial charge is 0.471 e. The molecule has 17 heavy (non-hydrogen) atoms. The highest BCUT2D eigenvalue weighted by Crippen LogP contribution is 2.26. The zero-order chi connectivity index (χ0) is 13.3. The maximum Gasteiger partial charge on any atom is 0.471 e. The van der Waals surface area contributed by atoms with Crippen molar-refractivity contribution >= 4 is 5.91 Å². The van der Waals surface area contributed by atoms with Crippen LogP contribution in [-0.2, 0) is 4.79 Å². The van der Waals surface area contributed by atoms with Gasteiger partial charge in [-0.3, -0.25) is 4.79 Å². The first kappa shape index (κ1) is 14.2. The Labute approximate surface area is 97.6 Å². The minimum Gasteiger partial charge on any atom is -0.326 e. The molecule has 1 amide bonds. The van der Waals surface area contributed by atoms with Gasteiger partial charge in [-0.15, -0.1) is 0 Å². The average molecular weight is 257 g/mol. The molecule has 0 saturated carbocycles. The van der Waals surface area contributed by atoms with E-state index in [4.69, 9.17) is 0 Å². The molecule has 0 aromatic heterocycles. The maximum absolute atomic E-state index is 12.6. The van der Waals surface area contributed by atoms with Crippen LogP contribution in [0.15, 0.2) is 0 Å². The first-order valence-corrected chi connectivity index (χ1v) is 5.43. The second kappa shape index (κ2) is 4.80. The van der Waals surface area contributed by atoms with Crippen LogP contribution >= 0.6 is 0 Å².